The number of aromatic nitrogens is 3. The summed E-state index contributed by atoms with van der Waals surface area (Å²) in [5.41, 5.74) is 3.62. The Balaban J connectivity index is 1.58. The molecule has 0 aliphatic heterocycles. The van der Waals surface area contributed by atoms with E-state index in [1.54, 1.807) is 29.9 Å². The van der Waals surface area contributed by atoms with E-state index in [-0.39, 0.29) is 11.7 Å². The highest BCUT2D eigenvalue weighted by atomic mass is 19.1. The quantitative estimate of drug-likeness (QED) is 0.676. The molecule has 30 heavy (non-hydrogen) atoms. The summed E-state index contributed by atoms with van der Waals surface area (Å²) >= 11 is 0. The van der Waals surface area contributed by atoms with E-state index in [9.17, 15) is 9.18 Å². The number of fused-ring (bicyclic) bond motifs is 1. The minimum Gasteiger partial charge on any atom is -0.369 e. The number of hydrogen-bond acceptors (Lipinski definition) is 4. The van der Waals surface area contributed by atoms with Crippen LogP contribution >= 0.6 is 0 Å². The topological polar surface area (TPSA) is 63.1 Å². The van der Waals surface area contributed by atoms with Gasteiger partial charge in [-0.15, -0.1) is 0 Å². The van der Waals surface area contributed by atoms with Crippen LogP contribution in [0.25, 0.3) is 11.0 Å². The van der Waals surface area contributed by atoms with Crippen molar-refractivity contribution in [1.82, 2.24) is 14.8 Å². The van der Waals surface area contributed by atoms with Gasteiger partial charge in [-0.25, -0.2) is 9.37 Å². The first-order chi connectivity index (χ1) is 14.3. The van der Waals surface area contributed by atoms with Gasteiger partial charge in [0.15, 0.2) is 5.65 Å². The van der Waals surface area contributed by atoms with Crippen LogP contribution in [0.3, 0.4) is 0 Å². The molecule has 1 aliphatic rings. The first-order valence-corrected chi connectivity index (χ1v) is 10.5. The standard InChI is InChI=1S/C23H28FN5O/c1-14-12-18(21-15(2)27-29(4)22(21)25-14)23(30)26-16-10-11-20(19(24)13-16)28(3)17-8-6-5-7-9-17/h10-13,17H,5-9H2,1-4H3,(H,26,30). The molecule has 1 saturated carbocycles. The highest BCUT2D eigenvalue weighted by Gasteiger charge is 2.22. The van der Waals surface area contributed by atoms with Crippen LogP contribution in [0.5, 0.6) is 0 Å². The van der Waals surface area contributed by atoms with Crippen LogP contribution in [0.1, 0.15) is 53.8 Å². The summed E-state index contributed by atoms with van der Waals surface area (Å²) in [6, 6.07) is 7.02. The first-order valence-electron chi connectivity index (χ1n) is 10.5. The molecule has 0 unspecified atom stereocenters. The van der Waals surface area contributed by atoms with Crippen LogP contribution < -0.4 is 10.2 Å². The molecule has 7 heteroatoms. The van der Waals surface area contributed by atoms with E-state index in [1.807, 2.05) is 25.8 Å². The lowest BCUT2D eigenvalue weighted by Crippen LogP contribution is -2.33. The Morgan fingerprint density at radius 3 is 2.63 bits per heavy atom. The van der Waals surface area contributed by atoms with Crippen LogP contribution in [0.15, 0.2) is 24.3 Å². The molecule has 1 aromatic carbocycles. The minimum absolute atomic E-state index is 0.297. The van der Waals surface area contributed by atoms with Crippen molar-refractivity contribution in [2.45, 2.75) is 52.0 Å². The van der Waals surface area contributed by atoms with Crippen molar-refractivity contribution in [2.75, 3.05) is 17.3 Å². The summed E-state index contributed by atoms with van der Waals surface area (Å²) in [7, 11) is 3.76. The Morgan fingerprint density at radius 1 is 1.20 bits per heavy atom. The predicted octanol–water partition coefficient (Wildman–Crippen LogP) is 4.75. The van der Waals surface area contributed by atoms with Crippen molar-refractivity contribution < 1.29 is 9.18 Å². The zero-order valence-electron chi connectivity index (χ0n) is 18.0. The number of hydrogen-bond donors (Lipinski definition) is 1. The minimum atomic E-state index is -0.325. The average Bonchev–Trinajstić information content (AvgIpc) is 3.01. The van der Waals surface area contributed by atoms with Gasteiger partial charge in [-0.05, 0) is 51.0 Å². The summed E-state index contributed by atoms with van der Waals surface area (Å²) in [6.07, 6.45) is 5.83. The molecule has 1 N–H and O–H groups in total. The van der Waals surface area contributed by atoms with E-state index < -0.39 is 0 Å². The maximum absolute atomic E-state index is 14.9. The number of rotatable bonds is 4. The van der Waals surface area contributed by atoms with Gasteiger partial charge in [0.05, 0.1) is 22.3 Å². The van der Waals surface area contributed by atoms with Crippen molar-refractivity contribution in [1.29, 1.82) is 0 Å². The largest absolute Gasteiger partial charge is 0.369 e. The fourth-order valence-corrected chi connectivity index (χ4v) is 4.48. The number of pyridine rings is 1. The smallest absolute Gasteiger partial charge is 0.256 e. The first kappa shape index (κ1) is 20.3. The number of anilines is 2. The van der Waals surface area contributed by atoms with E-state index in [0.717, 1.165) is 29.6 Å². The van der Waals surface area contributed by atoms with Crippen molar-refractivity contribution in [3.63, 3.8) is 0 Å². The number of carbonyl (C=O) groups excluding carboxylic acids is 1. The predicted molar refractivity (Wildman–Crippen MR) is 118 cm³/mol. The summed E-state index contributed by atoms with van der Waals surface area (Å²) in [4.78, 5) is 19.5. The van der Waals surface area contributed by atoms with Gasteiger partial charge in [0.25, 0.3) is 5.91 Å². The summed E-state index contributed by atoms with van der Waals surface area (Å²) in [5.74, 6) is -0.621. The molecule has 0 saturated heterocycles. The third kappa shape index (κ3) is 3.76. The lowest BCUT2D eigenvalue weighted by Gasteiger charge is -2.33. The molecular formula is C23H28FN5O. The monoisotopic (exact) mass is 409 g/mol. The van der Waals surface area contributed by atoms with Gasteiger partial charge in [-0.2, -0.15) is 5.10 Å². The molecule has 4 rings (SSSR count). The fourth-order valence-electron chi connectivity index (χ4n) is 4.48. The molecule has 0 atom stereocenters. The molecule has 0 spiro atoms. The molecule has 3 aromatic rings. The highest BCUT2D eigenvalue weighted by Crippen LogP contribution is 2.30. The van der Waals surface area contributed by atoms with Crippen molar-refractivity contribution >= 4 is 28.3 Å². The van der Waals surface area contributed by atoms with E-state index >= 15 is 0 Å². The zero-order valence-corrected chi connectivity index (χ0v) is 18.0. The van der Waals surface area contributed by atoms with Gasteiger partial charge in [0.1, 0.15) is 5.82 Å². The van der Waals surface area contributed by atoms with Crippen LogP contribution in [-0.2, 0) is 7.05 Å². The van der Waals surface area contributed by atoms with Crippen LogP contribution in [0.4, 0.5) is 15.8 Å². The Morgan fingerprint density at radius 2 is 1.93 bits per heavy atom. The Labute approximate surface area is 176 Å². The molecule has 158 valence electrons. The Kier molecular flexibility index (Phi) is 5.45. The second-order valence-electron chi connectivity index (χ2n) is 8.24. The third-order valence-electron chi connectivity index (χ3n) is 6.05. The Hall–Kier alpha value is -2.96. The van der Waals surface area contributed by atoms with E-state index in [4.69, 9.17) is 0 Å². The van der Waals surface area contributed by atoms with Gasteiger partial charge >= 0.3 is 0 Å². The maximum Gasteiger partial charge on any atom is 0.256 e. The molecule has 6 nitrogen and oxygen atoms in total. The van der Waals surface area contributed by atoms with E-state index in [2.05, 4.69) is 15.4 Å². The van der Waals surface area contributed by atoms with Gasteiger partial charge in [-0.3, -0.25) is 9.48 Å². The molecule has 1 fully saturated rings. The Bertz CT molecular complexity index is 1100. The number of aryl methyl sites for hydroxylation is 3. The number of benzene rings is 1. The van der Waals surface area contributed by atoms with Crippen LogP contribution in [0, 0.1) is 19.7 Å². The molecule has 2 heterocycles. The summed E-state index contributed by atoms with van der Waals surface area (Å²) in [5, 5.41) is 7.94. The van der Waals surface area contributed by atoms with Gasteiger partial charge in [0, 0.05) is 31.5 Å². The van der Waals surface area contributed by atoms with Crippen LogP contribution in [-0.4, -0.2) is 33.8 Å². The van der Waals surface area contributed by atoms with Gasteiger partial charge in [0.2, 0.25) is 0 Å². The lowest BCUT2D eigenvalue weighted by molar-refractivity contribution is 0.102. The SMILES string of the molecule is Cc1cc(C(=O)Nc2ccc(N(C)C3CCCCC3)c(F)c2)c2c(C)nn(C)c2n1. The summed E-state index contributed by atoms with van der Waals surface area (Å²) in [6.45, 7) is 3.69. The number of nitrogens with one attached hydrogen (secondary N) is 1. The third-order valence-corrected chi connectivity index (χ3v) is 6.05. The average molecular weight is 410 g/mol. The molecule has 1 aliphatic carbocycles. The molecule has 0 radical (unpaired) electrons. The second-order valence-corrected chi connectivity index (χ2v) is 8.24. The van der Waals surface area contributed by atoms with Gasteiger partial charge in [-0.1, -0.05) is 19.3 Å². The van der Waals surface area contributed by atoms with E-state index in [0.29, 0.717) is 28.6 Å². The number of nitrogens with zero attached hydrogens (tertiary/aromatic N) is 4. The summed E-state index contributed by atoms with van der Waals surface area (Å²) < 4.78 is 16.5. The fraction of sp³-hybridized carbons (Fsp3) is 0.435. The maximum atomic E-state index is 14.9. The normalized spacial score (nSPS) is 14.8. The molecular weight excluding hydrogens is 381 g/mol. The highest BCUT2D eigenvalue weighted by molar-refractivity contribution is 6.12. The molecule has 2 aromatic heterocycles. The second kappa shape index (κ2) is 8.05. The van der Waals surface area contributed by atoms with E-state index in [1.165, 1.54) is 25.3 Å². The van der Waals surface area contributed by atoms with Crippen LogP contribution in [0.2, 0.25) is 0 Å². The number of carbonyl (C=O) groups is 1. The number of amides is 1. The molecule has 0 bridgehead atoms. The molecule has 1 amide bonds. The van der Waals surface area contributed by atoms with Gasteiger partial charge < -0.3 is 10.2 Å². The zero-order chi connectivity index (χ0) is 21.4. The lowest BCUT2D eigenvalue weighted by atomic mass is 9.94. The van der Waals surface area contributed by atoms with Crippen molar-refractivity contribution in [3.05, 3.63) is 47.0 Å². The van der Waals surface area contributed by atoms with Crippen molar-refractivity contribution in [3.8, 4) is 0 Å². The van der Waals surface area contributed by atoms with Crippen molar-refractivity contribution in [2.24, 2.45) is 7.05 Å². The number of halogens is 1.